The fraction of sp³-hybridized carbons (Fsp3) is 0.370. The zero-order valence-electron chi connectivity index (χ0n) is 21.7. The molecule has 0 spiro atoms. The first-order chi connectivity index (χ1) is 18.4. The molecule has 0 aromatic heterocycles. The van der Waals surface area contributed by atoms with Crippen LogP contribution in [0.3, 0.4) is 0 Å². The van der Waals surface area contributed by atoms with Gasteiger partial charge in [0.1, 0.15) is 23.9 Å². The maximum Gasteiger partial charge on any atom is 0.326 e. The quantitative estimate of drug-likeness (QED) is 0.173. The lowest BCUT2D eigenvalue weighted by Gasteiger charge is -2.26. The number of carbonyl (C=O) groups excluding carboxylic acids is 3. The van der Waals surface area contributed by atoms with E-state index >= 15 is 0 Å². The van der Waals surface area contributed by atoms with Gasteiger partial charge < -0.3 is 37.0 Å². The number of phenolic OH excluding ortho intramolecular Hbond substituents is 1. The van der Waals surface area contributed by atoms with Crippen molar-refractivity contribution in [1.29, 1.82) is 0 Å². The molecule has 0 radical (unpaired) electrons. The number of carboxylic acids is 2. The van der Waals surface area contributed by atoms with E-state index < -0.39 is 66.2 Å². The zero-order valence-corrected chi connectivity index (χ0v) is 21.7. The second-order valence-electron chi connectivity index (χ2n) is 9.46. The number of carboxylic acid groups (broad SMARTS) is 2. The maximum atomic E-state index is 13.0. The Balaban J connectivity index is 2.10. The summed E-state index contributed by atoms with van der Waals surface area (Å²) in [6, 6.07) is 9.53. The van der Waals surface area contributed by atoms with Gasteiger partial charge in [0.25, 0.3) is 0 Å². The zero-order chi connectivity index (χ0) is 29.1. The van der Waals surface area contributed by atoms with Crippen molar-refractivity contribution >= 4 is 29.7 Å². The fourth-order valence-electron chi connectivity index (χ4n) is 3.74. The van der Waals surface area contributed by atoms with Gasteiger partial charge in [0.2, 0.25) is 17.7 Å². The summed E-state index contributed by atoms with van der Waals surface area (Å²) in [5, 5.41) is 35.5. The minimum absolute atomic E-state index is 0.00118. The number of benzene rings is 2. The lowest BCUT2D eigenvalue weighted by Crippen LogP contribution is -2.59. The van der Waals surface area contributed by atoms with Crippen LogP contribution in [0.15, 0.2) is 54.6 Å². The van der Waals surface area contributed by atoms with Gasteiger partial charge >= 0.3 is 11.9 Å². The monoisotopic (exact) mass is 542 g/mol. The van der Waals surface area contributed by atoms with Crippen molar-refractivity contribution in [3.63, 3.8) is 0 Å². The van der Waals surface area contributed by atoms with E-state index in [0.717, 1.165) is 5.56 Å². The number of carbonyl (C=O) groups is 5. The summed E-state index contributed by atoms with van der Waals surface area (Å²) in [6.07, 6.45) is -0.694. The third-order valence-electron chi connectivity index (χ3n) is 5.88. The molecule has 8 N–H and O–H groups in total. The minimum Gasteiger partial charge on any atom is -0.508 e. The predicted molar refractivity (Wildman–Crippen MR) is 140 cm³/mol. The highest BCUT2D eigenvalue weighted by molar-refractivity contribution is 5.95. The molecule has 0 bridgehead atoms. The molecule has 0 heterocycles. The molecule has 0 aliphatic carbocycles. The summed E-state index contributed by atoms with van der Waals surface area (Å²) in [5.74, 6) is -5.67. The van der Waals surface area contributed by atoms with Gasteiger partial charge in [0.05, 0.1) is 12.5 Å². The van der Waals surface area contributed by atoms with E-state index in [1.165, 1.54) is 24.3 Å². The number of amides is 3. The number of nitrogens with one attached hydrogen (secondary N) is 3. The molecule has 210 valence electrons. The van der Waals surface area contributed by atoms with E-state index in [-0.39, 0.29) is 18.6 Å². The highest BCUT2D eigenvalue weighted by Crippen LogP contribution is 2.12. The Bertz CT molecular complexity index is 1150. The lowest BCUT2D eigenvalue weighted by atomic mass is 10.0. The smallest absolute Gasteiger partial charge is 0.326 e. The van der Waals surface area contributed by atoms with E-state index in [1.54, 1.807) is 44.2 Å². The average molecular weight is 543 g/mol. The molecule has 0 fully saturated rings. The van der Waals surface area contributed by atoms with Gasteiger partial charge in [-0.05, 0) is 35.6 Å². The van der Waals surface area contributed by atoms with Gasteiger partial charge in [-0.1, -0.05) is 56.3 Å². The summed E-state index contributed by atoms with van der Waals surface area (Å²) in [7, 11) is 0. The van der Waals surface area contributed by atoms with Crippen molar-refractivity contribution in [3.05, 3.63) is 65.7 Å². The number of rotatable bonds is 14. The third-order valence-corrected chi connectivity index (χ3v) is 5.88. The average Bonchev–Trinajstić information content (AvgIpc) is 2.87. The van der Waals surface area contributed by atoms with Crippen LogP contribution in [-0.4, -0.2) is 69.1 Å². The molecule has 2 aromatic carbocycles. The number of hydrogen-bond donors (Lipinski definition) is 7. The highest BCUT2D eigenvalue weighted by Gasteiger charge is 2.33. The molecule has 2 aromatic rings. The molecule has 12 nitrogen and oxygen atoms in total. The predicted octanol–water partition coefficient (Wildman–Crippen LogP) is 0.174. The number of nitrogens with two attached hydrogens (primary N) is 1. The summed E-state index contributed by atoms with van der Waals surface area (Å²) in [6.45, 7) is 3.22. The maximum absolute atomic E-state index is 13.0. The second-order valence-corrected chi connectivity index (χ2v) is 9.46. The number of aliphatic carboxylic acids is 2. The molecule has 39 heavy (non-hydrogen) atoms. The lowest BCUT2D eigenvalue weighted by molar-refractivity contribution is -0.143. The molecule has 0 saturated heterocycles. The molecular formula is C27H34N4O8. The molecule has 2 rings (SSSR count). The Hall–Kier alpha value is -4.45. The van der Waals surface area contributed by atoms with Gasteiger partial charge in [-0.15, -0.1) is 0 Å². The fourth-order valence-corrected chi connectivity index (χ4v) is 3.74. The van der Waals surface area contributed by atoms with E-state index in [4.69, 9.17) is 5.73 Å². The third kappa shape index (κ3) is 10.1. The molecule has 3 amide bonds. The topological polar surface area (TPSA) is 208 Å². The Morgan fingerprint density at radius 1 is 0.744 bits per heavy atom. The van der Waals surface area contributed by atoms with Gasteiger partial charge in [0, 0.05) is 6.42 Å². The Morgan fingerprint density at radius 3 is 1.85 bits per heavy atom. The van der Waals surface area contributed by atoms with Crippen molar-refractivity contribution in [3.8, 4) is 5.75 Å². The number of phenols is 1. The molecule has 0 aliphatic rings. The Kier molecular flexibility index (Phi) is 11.4. The second kappa shape index (κ2) is 14.5. The van der Waals surface area contributed by atoms with Crippen molar-refractivity contribution in [2.45, 2.75) is 57.3 Å². The van der Waals surface area contributed by atoms with Crippen molar-refractivity contribution < 1.29 is 39.3 Å². The SMILES string of the molecule is CC(C)C(NC(=O)C(CC(=O)O)NC(=O)C(N)Cc1ccccc1)C(=O)NC(Cc1ccc(O)cc1)C(=O)O. The molecule has 0 aliphatic heterocycles. The van der Waals surface area contributed by atoms with Crippen LogP contribution in [0, 0.1) is 5.92 Å². The van der Waals surface area contributed by atoms with Crippen LogP contribution >= 0.6 is 0 Å². The first-order valence-electron chi connectivity index (χ1n) is 12.3. The largest absolute Gasteiger partial charge is 0.508 e. The van der Waals surface area contributed by atoms with Crippen LogP contribution in [0.5, 0.6) is 5.75 Å². The first-order valence-corrected chi connectivity index (χ1v) is 12.3. The summed E-state index contributed by atoms with van der Waals surface area (Å²) < 4.78 is 0. The normalized spacial score (nSPS) is 13.9. The van der Waals surface area contributed by atoms with Crippen LogP contribution in [0.4, 0.5) is 0 Å². The number of hydrogen-bond acceptors (Lipinski definition) is 7. The first kappa shape index (κ1) is 30.8. The van der Waals surface area contributed by atoms with Crippen LogP contribution in [0.1, 0.15) is 31.4 Å². The molecule has 4 atom stereocenters. The standard InChI is InChI=1S/C27H34N4O8/c1-15(2)23(26(37)30-21(27(38)39)13-17-8-10-18(32)11-9-17)31-25(36)20(14-22(33)34)29-24(35)19(28)12-16-6-4-3-5-7-16/h3-11,15,19-21,23,32H,12-14,28H2,1-2H3,(H,29,35)(H,30,37)(H,31,36)(H,33,34)(H,38,39). The van der Waals surface area contributed by atoms with Gasteiger partial charge in [-0.25, -0.2) is 4.79 Å². The van der Waals surface area contributed by atoms with Crippen molar-refractivity contribution in [2.75, 3.05) is 0 Å². The van der Waals surface area contributed by atoms with E-state index in [2.05, 4.69) is 16.0 Å². The summed E-state index contributed by atoms with van der Waals surface area (Å²) in [4.78, 5) is 61.8. The molecular weight excluding hydrogens is 508 g/mol. The van der Waals surface area contributed by atoms with Crippen LogP contribution in [0.2, 0.25) is 0 Å². The summed E-state index contributed by atoms with van der Waals surface area (Å²) in [5.41, 5.74) is 7.27. The Morgan fingerprint density at radius 2 is 1.31 bits per heavy atom. The van der Waals surface area contributed by atoms with Gasteiger partial charge in [0.15, 0.2) is 0 Å². The minimum atomic E-state index is -1.53. The van der Waals surface area contributed by atoms with Gasteiger partial charge in [-0.3, -0.25) is 19.2 Å². The molecule has 0 saturated carbocycles. The van der Waals surface area contributed by atoms with Crippen molar-refractivity contribution in [1.82, 2.24) is 16.0 Å². The van der Waals surface area contributed by atoms with E-state index in [1.807, 2.05) is 0 Å². The van der Waals surface area contributed by atoms with Gasteiger partial charge in [-0.2, -0.15) is 0 Å². The van der Waals surface area contributed by atoms with Crippen molar-refractivity contribution in [2.24, 2.45) is 11.7 Å². The van der Waals surface area contributed by atoms with Crippen LogP contribution in [0.25, 0.3) is 0 Å². The van der Waals surface area contributed by atoms with E-state index in [9.17, 15) is 39.3 Å². The Labute approximate surface area is 225 Å². The number of aromatic hydroxyl groups is 1. The molecule has 12 heteroatoms. The van der Waals surface area contributed by atoms with Crippen LogP contribution in [-0.2, 0) is 36.8 Å². The van der Waals surface area contributed by atoms with E-state index in [0.29, 0.717) is 5.56 Å². The highest BCUT2D eigenvalue weighted by atomic mass is 16.4. The van der Waals surface area contributed by atoms with Crippen LogP contribution < -0.4 is 21.7 Å². The molecule has 4 unspecified atom stereocenters. The summed E-state index contributed by atoms with van der Waals surface area (Å²) >= 11 is 0.